The fourth-order valence-corrected chi connectivity index (χ4v) is 5.55. The third-order valence-corrected chi connectivity index (χ3v) is 7.99. The van der Waals surface area contributed by atoms with Crippen molar-refractivity contribution >= 4 is 23.0 Å². The first-order valence-electron chi connectivity index (χ1n) is 13.7. The molecule has 13 heteroatoms. The van der Waals surface area contributed by atoms with Crippen LogP contribution >= 0.6 is 0 Å². The smallest absolute Gasteiger partial charge is 0.332 e. The van der Waals surface area contributed by atoms with Crippen molar-refractivity contribution < 1.29 is 14.7 Å². The van der Waals surface area contributed by atoms with E-state index in [4.69, 9.17) is 0 Å². The maximum Gasteiger partial charge on any atom is 0.332 e. The Balaban J connectivity index is 1.27. The third-order valence-electron chi connectivity index (χ3n) is 7.99. The van der Waals surface area contributed by atoms with Gasteiger partial charge in [0, 0.05) is 39.5 Å². The van der Waals surface area contributed by atoms with Crippen molar-refractivity contribution in [3.63, 3.8) is 0 Å². The van der Waals surface area contributed by atoms with E-state index in [1.165, 1.54) is 34.5 Å². The average Bonchev–Trinajstić information content (AvgIpc) is 3.69. The summed E-state index contributed by atoms with van der Waals surface area (Å²) in [5.41, 5.74) is 2.55. The number of phenolic OH excluding ortho intramolecular Hbond substituents is 1. The number of imidazole rings is 1. The zero-order valence-electron chi connectivity index (χ0n) is 23.8. The van der Waals surface area contributed by atoms with Gasteiger partial charge in [0.2, 0.25) is 11.8 Å². The normalized spacial score (nSPS) is 15.3. The van der Waals surface area contributed by atoms with E-state index in [-0.39, 0.29) is 48.4 Å². The number of fused-ring (bicyclic) bond motifs is 2. The molecule has 0 radical (unpaired) electrons. The molecular formula is C30H30N8O5. The number of hydrogen-bond acceptors (Lipinski definition) is 7. The number of amides is 2. The van der Waals surface area contributed by atoms with Gasteiger partial charge in [0.25, 0.3) is 5.56 Å². The number of rotatable bonds is 6. The van der Waals surface area contributed by atoms with Gasteiger partial charge in [0.1, 0.15) is 18.3 Å². The molecule has 2 N–H and O–H groups in total. The van der Waals surface area contributed by atoms with E-state index in [2.05, 4.69) is 15.4 Å². The van der Waals surface area contributed by atoms with E-state index < -0.39 is 23.2 Å². The number of aryl methyl sites for hydroxylation is 1. The van der Waals surface area contributed by atoms with Crippen LogP contribution in [0.1, 0.15) is 29.7 Å². The topological polar surface area (TPSA) is 149 Å². The predicted octanol–water partition coefficient (Wildman–Crippen LogP) is 1.16. The minimum atomic E-state index is -0.866. The molecular weight excluding hydrogens is 552 g/mol. The highest BCUT2D eigenvalue weighted by atomic mass is 16.3. The van der Waals surface area contributed by atoms with E-state index in [0.717, 1.165) is 26.9 Å². The summed E-state index contributed by atoms with van der Waals surface area (Å²) in [7, 11) is 2.87. The summed E-state index contributed by atoms with van der Waals surface area (Å²) in [6.07, 6.45) is 5.09. The highest BCUT2D eigenvalue weighted by molar-refractivity contribution is 5.89. The lowest BCUT2D eigenvalue weighted by Gasteiger charge is -2.36. The third kappa shape index (κ3) is 4.98. The first-order valence-corrected chi connectivity index (χ1v) is 13.7. The summed E-state index contributed by atoms with van der Waals surface area (Å²) in [4.78, 5) is 58.5. The van der Waals surface area contributed by atoms with Crippen LogP contribution in [0.15, 0.2) is 76.8 Å². The first-order chi connectivity index (χ1) is 20.6. The number of carbonyl (C=O) groups is 2. The van der Waals surface area contributed by atoms with Crippen LogP contribution < -0.4 is 16.6 Å². The van der Waals surface area contributed by atoms with Crippen LogP contribution in [0.2, 0.25) is 0 Å². The minimum Gasteiger partial charge on any atom is -0.508 e. The lowest BCUT2D eigenvalue weighted by atomic mass is 9.92. The molecule has 0 fully saturated rings. The summed E-state index contributed by atoms with van der Waals surface area (Å²) in [5, 5.41) is 17.4. The standard InChI is InChI=1S/C30H30N8O5/c1-18(19-5-8-22(9-6-19)38-12-4-11-32-38)33-28(41)24-14-21-13-23(39)10-7-20(21)15-37(24)25(40)16-36-17-31-27-26(36)29(42)35(3)30(43)34(27)2/h4-13,17-18,24,39H,14-16H2,1-3H3,(H,33,41). The molecule has 0 aliphatic carbocycles. The number of hydrogen-bond donors (Lipinski definition) is 2. The molecule has 1 aliphatic heterocycles. The maximum absolute atomic E-state index is 13.8. The number of nitrogens with one attached hydrogen (secondary N) is 1. The van der Waals surface area contributed by atoms with Crippen LogP contribution in [-0.2, 0) is 43.2 Å². The Morgan fingerprint density at radius 1 is 1.07 bits per heavy atom. The Morgan fingerprint density at radius 3 is 2.56 bits per heavy atom. The molecule has 3 aromatic heterocycles. The van der Waals surface area contributed by atoms with Crippen molar-refractivity contribution in [1.82, 2.24) is 38.7 Å². The number of aromatic hydroxyl groups is 1. The Labute approximate surface area is 245 Å². The van der Waals surface area contributed by atoms with Crippen molar-refractivity contribution in [3.05, 3.63) is 105 Å². The van der Waals surface area contributed by atoms with E-state index in [0.29, 0.717) is 0 Å². The predicted molar refractivity (Wildman–Crippen MR) is 156 cm³/mol. The van der Waals surface area contributed by atoms with Crippen LogP contribution in [0.25, 0.3) is 16.9 Å². The van der Waals surface area contributed by atoms with Crippen molar-refractivity contribution in [1.29, 1.82) is 0 Å². The number of aromatic nitrogens is 6. The first kappa shape index (κ1) is 27.7. The Bertz CT molecular complexity index is 1970. The lowest BCUT2D eigenvalue weighted by molar-refractivity contribution is -0.142. The molecule has 2 atom stereocenters. The highest BCUT2D eigenvalue weighted by Crippen LogP contribution is 2.28. The maximum atomic E-state index is 13.8. The van der Waals surface area contributed by atoms with E-state index in [1.54, 1.807) is 29.1 Å². The van der Waals surface area contributed by atoms with Gasteiger partial charge in [-0.1, -0.05) is 18.2 Å². The molecule has 4 heterocycles. The SMILES string of the molecule is CC(NC(=O)C1Cc2cc(O)ccc2CN1C(=O)Cn1cnc2c1c(=O)n(C)c(=O)n2C)c1ccc(-n2cccn2)cc1. The van der Waals surface area contributed by atoms with Crippen LogP contribution in [0.5, 0.6) is 5.75 Å². The van der Waals surface area contributed by atoms with E-state index >= 15 is 0 Å². The Hall–Kier alpha value is -5.46. The van der Waals surface area contributed by atoms with Gasteiger partial charge >= 0.3 is 5.69 Å². The zero-order chi connectivity index (χ0) is 30.4. The second-order valence-corrected chi connectivity index (χ2v) is 10.7. The van der Waals surface area contributed by atoms with Crippen LogP contribution in [0.3, 0.4) is 0 Å². The molecule has 0 bridgehead atoms. The van der Waals surface area contributed by atoms with Crippen molar-refractivity contribution in [2.24, 2.45) is 14.1 Å². The van der Waals surface area contributed by atoms with Crippen LogP contribution in [0, 0.1) is 0 Å². The van der Waals surface area contributed by atoms with Gasteiger partial charge in [0.15, 0.2) is 11.2 Å². The Kier molecular flexibility index (Phi) is 6.92. The molecule has 0 saturated heterocycles. The molecule has 2 amide bonds. The van der Waals surface area contributed by atoms with Crippen LogP contribution in [0.4, 0.5) is 0 Å². The number of nitrogens with zero attached hydrogens (tertiary/aromatic N) is 7. The summed E-state index contributed by atoms with van der Waals surface area (Å²) in [5.74, 6) is -0.667. The molecule has 5 aromatic rings. The second kappa shape index (κ2) is 10.7. The molecule has 0 spiro atoms. The molecule has 43 heavy (non-hydrogen) atoms. The number of benzene rings is 2. The van der Waals surface area contributed by atoms with E-state index in [9.17, 15) is 24.3 Å². The van der Waals surface area contributed by atoms with Crippen LogP contribution in [-0.4, -0.2) is 56.3 Å². The van der Waals surface area contributed by atoms with E-state index in [1.807, 2.05) is 43.5 Å². The largest absolute Gasteiger partial charge is 0.508 e. The molecule has 2 unspecified atom stereocenters. The van der Waals surface area contributed by atoms with Gasteiger partial charge in [-0.15, -0.1) is 0 Å². The van der Waals surface area contributed by atoms with Gasteiger partial charge in [0.05, 0.1) is 18.1 Å². The highest BCUT2D eigenvalue weighted by Gasteiger charge is 2.35. The fourth-order valence-electron chi connectivity index (χ4n) is 5.55. The lowest BCUT2D eigenvalue weighted by Crippen LogP contribution is -2.53. The minimum absolute atomic E-state index is 0.0784. The molecule has 1 aliphatic rings. The average molecular weight is 583 g/mol. The van der Waals surface area contributed by atoms with Crippen molar-refractivity contribution in [2.45, 2.75) is 38.5 Å². The molecule has 220 valence electrons. The second-order valence-electron chi connectivity index (χ2n) is 10.7. The van der Waals surface area contributed by atoms with Gasteiger partial charge in [-0.3, -0.25) is 23.5 Å². The summed E-state index contributed by atoms with van der Waals surface area (Å²) in [6, 6.07) is 13.2. The molecule has 6 rings (SSSR count). The summed E-state index contributed by atoms with van der Waals surface area (Å²) in [6.45, 7) is 1.75. The van der Waals surface area contributed by atoms with Crippen molar-refractivity contribution in [3.8, 4) is 11.4 Å². The molecule has 13 nitrogen and oxygen atoms in total. The quantitative estimate of drug-likeness (QED) is 0.305. The van der Waals surface area contributed by atoms with Gasteiger partial charge in [-0.25, -0.2) is 14.5 Å². The zero-order valence-corrected chi connectivity index (χ0v) is 23.8. The fraction of sp³-hybridized carbons (Fsp3) is 0.267. The van der Waals surface area contributed by atoms with Gasteiger partial charge in [-0.05, 0) is 53.9 Å². The summed E-state index contributed by atoms with van der Waals surface area (Å²) >= 11 is 0. The van der Waals surface area contributed by atoms with Crippen molar-refractivity contribution in [2.75, 3.05) is 0 Å². The van der Waals surface area contributed by atoms with Gasteiger partial charge in [-0.2, -0.15) is 5.10 Å². The molecule has 0 saturated carbocycles. The number of phenols is 1. The molecule has 2 aromatic carbocycles. The Morgan fingerprint density at radius 2 is 1.84 bits per heavy atom. The number of carbonyl (C=O) groups excluding carboxylic acids is 2. The monoisotopic (exact) mass is 582 g/mol. The van der Waals surface area contributed by atoms with Gasteiger partial charge < -0.3 is 19.9 Å². The summed E-state index contributed by atoms with van der Waals surface area (Å²) < 4.78 is 5.36.